The van der Waals surface area contributed by atoms with Gasteiger partial charge in [0.25, 0.3) is 0 Å². The van der Waals surface area contributed by atoms with Gasteiger partial charge in [0.15, 0.2) is 5.69 Å². The molecule has 1 unspecified atom stereocenters. The molecule has 1 amide bonds. The quantitative estimate of drug-likeness (QED) is 0.831. The molecule has 0 aromatic carbocycles. The average molecular weight is 391 g/mol. The van der Waals surface area contributed by atoms with Crippen LogP contribution in [0.15, 0.2) is 0 Å². The van der Waals surface area contributed by atoms with E-state index >= 15 is 0 Å². The number of halogens is 4. The Kier molecular flexibility index (Phi) is 5.16. The van der Waals surface area contributed by atoms with E-state index in [-0.39, 0.29) is 5.69 Å². The van der Waals surface area contributed by atoms with Crippen molar-refractivity contribution >= 4 is 33.8 Å². The standard InChI is InChI=1S/C15H14ClF3N4OS/c1-6-9(4)25-14(10(6)5-20)21-13(24)8(3)23-7(2)11(16)12(22-23)15(17,18)19/h8H,1-4H3,(H,21,24). The van der Waals surface area contributed by atoms with Crippen LogP contribution in [0.2, 0.25) is 5.02 Å². The number of hydrogen-bond acceptors (Lipinski definition) is 4. The Bertz CT molecular complexity index is 879. The number of aromatic nitrogens is 2. The zero-order valence-electron chi connectivity index (χ0n) is 13.7. The first-order chi connectivity index (χ1) is 11.5. The predicted molar refractivity (Wildman–Crippen MR) is 88.8 cm³/mol. The summed E-state index contributed by atoms with van der Waals surface area (Å²) in [6.45, 7) is 6.34. The summed E-state index contributed by atoms with van der Waals surface area (Å²) in [5, 5.41) is 15.1. The van der Waals surface area contributed by atoms with E-state index in [4.69, 9.17) is 11.6 Å². The Morgan fingerprint density at radius 2 is 2.00 bits per heavy atom. The molecule has 10 heteroatoms. The van der Waals surface area contributed by atoms with Crippen molar-refractivity contribution in [3.63, 3.8) is 0 Å². The van der Waals surface area contributed by atoms with Crippen molar-refractivity contribution in [3.8, 4) is 6.07 Å². The Labute approximate surface area is 151 Å². The first-order valence-electron chi connectivity index (χ1n) is 7.11. The highest BCUT2D eigenvalue weighted by Crippen LogP contribution is 2.37. The molecular formula is C15H14ClF3N4OS. The summed E-state index contributed by atoms with van der Waals surface area (Å²) in [4.78, 5) is 13.3. The van der Waals surface area contributed by atoms with Crippen LogP contribution < -0.4 is 5.32 Å². The number of carbonyl (C=O) groups is 1. The molecule has 0 fully saturated rings. The molecule has 1 atom stereocenters. The molecule has 0 saturated heterocycles. The fraction of sp³-hybridized carbons (Fsp3) is 0.400. The highest BCUT2D eigenvalue weighted by Gasteiger charge is 2.39. The van der Waals surface area contributed by atoms with Crippen LogP contribution in [-0.2, 0) is 11.0 Å². The Balaban J connectivity index is 2.33. The average Bonchev–Trinajstić information content (AvgIpc) is 2.96. The first-order valence-corrected chi connectivity index (χ1v) is 8.31. The molecule has 134 valence electrons. The van der Waals surface area contributed by atoms with Crippen LogP contribution >= 0.6 is 22.9 Å². The molecule has 0 radical (unpaired) electrons. The molecule has 0 spiro atoms. The van der Waals surface area contributed by atoms with Gasteiger partial charge in [-0.05, 0) is 33.3 Å². The van der Waals surface area contributed by atoms with E-state index in [1.807, 2.05) is 13.0 Å². The van der Waals surface area contributed by atoms with Gasteiger partial charge in [-0.1, -0.05) is 11.6 Å². The lowest BCUT2D eigenvalue weighted by Crippen LogP contribution is -2.25. The molecule has 1 N–H and O–H groups in total. The number of rotatable bonds is 3. The maximum atomic E-state index is 12.9. The van der Waals surface area contributed by atoms with Crippen LogP contribution in [0, 0.1) is 32.1 Å². The molecule has 2 heterocycles. The molecule has 0 saturated carbocycles. The third kappa shape index (κ3) is 3.50. The van der Waals surface area contributed by atoms with Crippen LogP contribution in [-0.4, -0.2) is 15.7 Å². The molecule has 2 rings (SSSR count). The van der Waals surface area contributed by atoms with Crippen LogP contribution in [0.25, 0.3) is 0 Å². The number of thiophene rings is 1. The number of nitriles is 1. The summed E-state index contributed by atoms with van der Waals surface area (Å²) in [6.07, 6.45) is -4.71. The smallest absolute Gasteiger partial charge is 0.315 e. The van der Waals surface area contributed by atoms with E-state index in [2.05, 4.69) is 10.4 Å². The summed E-state index contributed by atoms with van der Waals surface area (Å²) in [5.41, 5.74) is -0.0927. The maximum Gasteiger partial charge on any atom is 0.436 e. The number of alkyl halides is 3. The van der Waals surface area contributed by atoms with E-state index in [1.54, 1.807) is 6.92 Å². The zero-order valence-corrected chi connectivity index (χ0v) is 15.3. The van der Waals surface area contributed by atoms with Crippen molar-refractivity contribution in [1.82, 2.24) is 9.78 Å². The third-order valence-electron chi connectivity index (χ3n) is 3.83. The molecule has 2 aromatic rings. The number of hydrogen-bond donors (Lipinski definition) is 1. The fourth-order valence-corrected chi connectivity index (χ4v) is 3.48. The lowest BCUT2D eigenvalue weighted by molar-refractivity contribution is -0.141. The highest BCUT2D eigenvalue weighted by atomic mass is 35.5. The van der Waals surface area contributed by atoms with Gasteiger partial charge in [0.2, 0.25) is 5.91 Å². The second-order valence-corrected chi connectivity index (χ2v) is 7.06. The van der Waals surface area contributed by atoms with Gasteiger partial charge in [-0.3, -0.25) is 9.48 Å². The number of amides is 1. The Hall–Kier alpha value is -2.05. The molecule has 5 nitrogen and oxygen atoms in total. The molecule has 0 bridgehead atoms. The summed E-state index contributed by atoms with van der Waals surface area (Å²) in [6, 6.07) is 0.978. The topological polar surface area (TPSA) is 70.7 Å². The minimum Gasteiger partial charge on any atom is -0.315 e. The van der Waals surface area contributed by atoms with Crippen LogP contribution in [0.1, 0.15) is 40.4 Å². The summed E-state index contributed by atoms with van der Waals surface area (Å²) >= 11 is 6.94. The van der Waals surface area contributed by atoms with Gasteiger partial charge in [-0.25, -0.2) is 0 Å². The van der Waals surface area contributed by atoms with E-state index in [9.17, 15) is 23.2 Å². The van der Waals surface area contributed by atoms with Crippen molar-refractivity contribution < 1.29 is 18.0 Å². The Morgan fingerprint density at radius 3 is 2.48 bits per heavy atom. The van der Waals surface area contributed by atoms with Gasteiger partial charge in [0.05, 0.1) is 16.3 Å². The number of anilines is 1. The largest absolute Gasteiger partial charge is 0.436 e. The lowest BCUT2D eigenvalue weighted by Gasteiger charge is -2.14. The van der Waals surface area contributed by atoms with Gasteiger partial charge in [-0.2, -0.15) is 23.5 Å². The van der Waals surface area contributed by atoms with Crippen molar-refractivity contribution in [3.05, 3.63) is 32.4 Å². The molecular weight excluding hydrogens is 377 g/mol. The van der Waals surface area contributed by atoms with E-state index in [0.717, 1.165) is 15.1 Å². The van der Waals surface area contributed by atoms with Gasteiger partial charge < -0.3 is 5.32 Å². The zero-order chi connectivity index (χ0) is 19.1. The fourth-order valence-electron chi connectivity index (χ4n) is 2.23. The summed E-state index contributed by atoms with van der Waals surface area (Å²) in [7, 11) is 0. The minimum absolute atomic E-state index is 0.0377. The Morgan fingerprint density at radius 1 is 1.40 bits per heavy atom. The van der Waals surface area contributed by atoms with E-state index in [1.165, 1.54) is 25.2 Å². The maximum absolute atomic E-state index is 12.9. The molecule has 25 heavy (non-hydrogen) atoms. The van der Waals surface area contributed by atoms with Gasteiger partial charge in [-0.15, -0.1) is 11.3 Å². The summed E-state index contributed by atoms with van der Waals surface area (Å²) in [5.74, 6) is -0.589. The number of nitrogens with one attached hydrogen (secondary N) is 1. The highest BCUT2D eigenvalue weighted by molar-refractivity contribution is 7.16. The SMILES string of the molecule is Cc1sc(NC(=O)C(C)n2nc(C(F)(F)F)c(Cl)c2C)c(C#N)c1C. The first kappa shape index (κ1) is 19.3. The van der Waals surface area contributed by atoms with Crippen LogP contribution in [0.5, 0.6) is 0 Å². The van der Waals surface area contributed by atoms with Crippen LogP contribution in [0.4, 0.5) is 18.2 Å². The second-order valence-electron chi connectivity index (χ2n) is 5.45. The number of aryl methyl sites for hydroxylation is 1. The van der Waals surface area contributed by atoms with E-state index < -0.39 is 28.8 Å². The van der Waals surface area contributed by atoms with Crippen molar-refractivity contribution in [2.45, 2.75) is 39.9 Å². The van der Waals surface area contributed by atoms with Crippen molar-refractivity contribution in [1.29, 1.82) is 5.26 Å². The van der Waals surface area contributed by atoms with Gasteiger partial charge in [0.1, 0.15) is 17.1 Å². The molecule has 0 aliphatic carbocycles. The van der Waals surface area contributed by atoms with E-state index in [0.29, 0.717) is 10.6 Å². The number of nitrogens with zero attached hydrogens (tertiary/aromatic N) is 3. The van der Waals surface area contributed by atoms with Gasteiger partial charge >= 0.3 is 6.18 Å². The third-order valence-corrected chi connectivity index (χ3v) is 5.40. The van der Waals surface area contributed by atoms with Crippen molar-refractivity contribution in [2.24, 2.45) is 0 Å². The second kappa shape index (κ2) is 6.69. The lowest BCUT2D eigenvalue weighted by atomic mass is 10.2. The molecule has 0 aliphatic heterocycles. The molecule has 0 aliphatic rings. The van der Waals surface area contributed by atoms with Crippen LogP contribution in [0.3, 0.4) is 0 Å². The van der Waals surface area contributed by atoms with Gasteiger partial charge in [0, 0.05) is 4.88 Å². The number of carbonyl (C=O) groups excluding carboxylic acids is 1. The predicted octanol–water partition coefficient (Wildman–Crippen LogP) is 4.61. The summed E-state index contributed by atoms with van der Waals surface area (Å²) < 4.78 is 39.6. The minimum atomic E-state index is -4.71. The van der Waals surface area contributed by atoms with Crippen molar-refractivity contribution in [2.75, 3.05) is 5.32 Å². The normalized spacial score (nSPS) is 12.8. The monoisotopic (exact) mass is 390 g/mol. The molecule has 2 aromatic heterocycles.